The Bertz CT molecular complexity index is 1230. The number of nitrogens with one attached hydrogen (secondary N) is 1. The topological polar surface area (TPSA) is 77.9 Å². The van der Waals surface area contributed by atoms with Crippen molar-refractivity contribution in [2.75, 3.05) is 0 Å². The van der Waals surface area contributed by atoms with Gasteiger partial charge in [0.05, 0.1) is 0 Å². The standard InChI is InChI=1S/C24H25N5O2/c1-16-14-20(18(3)29(16)21-15-17(2)31-27-21)10-11-22(30)26-23(19-8-6-5-7-9-19)24-25-12-13-28(24)4/h5-15,23H,1-4H3,(H,26,30)/b11-10+. The number of rotatable bonds is 6. The molecule has 0 saturated carbocycles. The molecule has 4 aromatic rings. The van der Waals surface area contributed by atoms with E-state index in [-0.39, 0.29) is 11.9 Å². The minimum absolute atomic E-state index is 0.195. The first-order chi connectivity index (χ1) is 14.9. The summed E-state index contributed by atoms with van der Waals surface area (Å²) < 4.78 is 9.13. The van der Waals surface area contributed by atoms with Gasteiger partial charge in [-0.25, -0.2) is 4.98 Å². The molecular weight excluding hydrogens is 390 g/mol. The van der Waals surface area contributed by atoms with Crippen molar-refractivity contribution in [1.29, 1.82) is 0 Å². The number of aromatic nitrogens is 4. The van der Waals surface area contributed by atoms with E-state index in [1.807, 2.05) is 91.7 Å². The molecule has 158 valence electrons. The Balaban J connectivity index is 1.57. The predicted molar refractivity (Wildman–Crippen MR) is 119 cm³/mol. The third-order valence-electron chi connectivity index (χ3n) is 5.27. The summed E-state index contributed by atoms with van der Waals surface area (Å²) in [5.74, 6) is 2.06. The van der Waals surface area contributed by atoms with Crippen LogP contribution in [-0.4, -0.2) is 25.2 Å². The molecule has 1 N–H and O–H groups in total. The van der Waals surface area contributed by atoms with Crippen molar-refractivity contribution in [3.63, 3.8) is 0 Å². The molecule has 1 aromatic carbocycles. The Kier molecular flexibility index (Phi) is 5.58. The quantitative estimate of drug-likeness (QED) is 0.482. The van der Waals surface area contributed by atoms with Crippen LogP contribution in [0.3, 0.4) is 0 Å². The van der Waals surface area contributed by atoms with Crippen LogP contribution in [0.1, 0.15) is 40.1 Å². The molecule has 7 heteroatoms. The number of carbonyl (C=O) groups excluding carboxylic acids is 1. The second-order valence-electron chi connectivity index (χ2n) is 7.54. The average molecular weight is 415 g/mol. The van der Waals surface area contributed by atoms with Crippen molar-refractivity contribution >= 4 is 12.0 Å². The lowest BCUT2D eigenvalue weighted by Gasteiger charge is -2.18. The molecule has 0 aliphatic carbocycles. The molecule has 1 atom stereocenters. The van der Waals surface area contributed by atoms with E-state index in [0.717, 1.165) is 39.9 Å². The molecule has 3 heterocycles. The smallest absolute Gasteiger partial charge is 0.244 e. The fourth-order valence-corrected chi connectivity index (χ4v) is 3.72. The Morgan fingerprint density at radius 2 is 1.94 bits per heavy atom. The molecule has 0 spiro atoms. The maximum Gasteiger partial charge on any atom is 0.244 e. The van der Waals surface area contributed by atoms with Crippen LogP contribution in [0.25, 0.3) is 11.9 Å². The summed E-state index contributed by atoms with van der Waals surface area (Å²) in [7, 11) is 1.92. The first-order valence-corrected chi connectivity index (χ1v) is 10.1. The molecule has 0 aliphatic rings. The highest BCUT2D eigenvalue weighted by atomic mass is 16.5. The van der Waals surface area contributed by atoms with Crippen LogP contribution >= 0.6 is 0 Å². The molecule has 0 radical (unpaired) electrons. The predicted octanol–water partition coefficient (Wildman–Crippen LogP) is 4.04. The number of hydrogen-bond donors (Lipinski definition) is 1. The summed E-state index contributed by atoms with van der Waals surface area (Å²) in [4.78, 5) is 17.2. The van der Waals surface area contributed by atoms with Gasteiger partial charge in [-0.2, -0.15) is 0 Å². The molecule has 0 saturated heterocycles. The largest absolute Gasteiger partial charge is 0.360 e. The van der Waals surface area contributed by atoms with Gasteiger partial charge >= 0.3 is 0 Å². The first-order valence-electron chi connectivity index (χ1n) is 10.1. The molecule has 1 amide bonds. The molecule has 1 unspecified atom stereocenters. The zero-order valence-electron chi connectivity index (χ0n) is 18.0. The van der Waals surface area contributed by atoms with Crippen molar-refractivity contribution in [1.82, 2.24) is 24.6 Å². The van der Waals surface area contributed by atoms with Gasteiger partial charge < -0.3 is 14.4 Å². The van der Waals surface area contributed by atoms with E-state index < -0.39 is 0 Å². The fraction of sp³-hybridized carbons (Fsp3) is 0.208. The lowest BCUT2D eigenvalue weighted by Crippen LogP contribution is -2.29. The molecule has 0 aliphatic heterocycles. The number of imidazole rings is 1. The van der Waals surface area contributed by atoms with Gasteiger partial charge in [-0.15, -0.1) is 0 Å². The third-order valence-corrected chi connectivity index (χ3v) is 5.27. The minimum atomic E-state index is -0.344. The van der Waals surface area contributed by atoms with Crippen molar-refractivity contribution in [3.05, 3.63) is 95.0 Å². The number of amides is 1. The highest BCUT2D eigenvalue weighted by molar-refractivity contribution is 5.92. The highest BCUT2D eigenvalue weighted by Crippen LogP contribution is 2.23. The van der Waals surface area contributed by atoms with Crippen LogP contribution in [0.15, 0.2) is 65.5 Å². The lowest BCUT2D eigenvalue weighted by atomic mass is 10.1. The zero-order chi connectivity index (χ0) is 22.0. The monoisotopic (exact) mass is 415 g/mol. The summed E-state index contributed by atoms with van der Waals surface area (Å²) in [6.45, 7) is 5.86. The molecule has 4 rings (SSSR count). The number of aryl methyl sites for hydroxylation is 3. The molecular formula is C24H25N5O2. The molecule has 31 heavy (non-hydrogen) atoms. The summed E-state index contributed by atoms with van der Waals surface area (Å²) in [6, 6.07) is 13.4. The Morgan fingerprint density at radius 3 is 2.58 bits per heavy atom. The second kappa shape index (κ2) is 8.47. The van der Waals surface area contributed by atoms with Gasteiger partial charge in [-0.3, -0.25) is 9.36 Å². The van der Waals surface area contributed by atoms with E-state index in [4.69, 9.17) is 4.52 Å². The Hall–Kier alpha value is -3.87. The van der Waals surface area contributed by atoms with Crippen LogP contribution in [-0.2, 0) is 11.8 Å². The third kappa shape index (κ3) is 4.21. The van der Waals surface area contributed by atoms with Crippen LogP contribution in [0.4, 0.5) is 0 Å². The molecule has 3 aromatic heterocycles. The van der Waals surface area contributed by atoms with Crippen molar-refractivity contribution < 1.29 is 9.32 Å². The number of nitrogens with zero attached hydrogens (tertiary/aromatic N) is 4. The van der Waals surface area contributed by atoms with Gasteiger partial charge in [0.1, 0.15) is 17.6 Å². The van der Waals surface area contributed by atoms with Gasteiger partial charge in [0, 0.05) is 43.0 Å². The maximum absolute atomic E-state index is 12.8. The van der Waals surface area contributed by atoms with E-state index in [2.05, 4.69) is 15.5 Å². The van der Waals surface area contributed by atoms with E-state index >= 15 is 0 Å². The van der Waals surface area contributed by atoms with Crippen LogP contribution in [0.2, 0.25) is 0 Å². The zero-order valence-corrected chi connectivity index (χ0v) is 18.0. The van der Waals surface area contributed by atoms with Gasteiger partial charge in [0.25, 0.3) is 0 Å². The summed E-state index contributed by atoms with van der Waals surface area (Å²) in [6.07, 6.45) is 6.97. The summed E-state index contributed by atoms with van der Waals surface area (Å²) in [5, 5.41) is 7.18. The van der Waals surface area contributed by atoms with Crippen LogP contribution in [0.5, 0.6) is 0 Å². The fourth-order valence-electron chi connectivity index (χ4n) is 3.72. The SMILES string of the molecule is Cc1cc(-n2c(C)cc(/C=C/C(=O)NC(c3ccccc3)c3nccn3C)c2C)no1. The number of carbonyl (C=O) groups is 1. The van der Waals surface area contributed by atoms with E-state index in [1.54, 1.807) is 12.3 Å². The normalized spacial score (nSPS) is 12.4. The minimum Gasteiger partial charge on any atom is -0.360 e. The van der Waals surface area contributed by atoms with E-state index in [1.165, 1.54) is 0 Å². The number of hydrogen-bond acceptors (Lipinski definition) is 4. The van der Waals surface area contributed by atoms with Crippen molar-refractivity contribution in [3.8, 4) is 5.82 Å². The maximum atomic E-state index is 12.8. The second-order valence-corrected chi connectivity index (χ2v) is 7.54. The summed E-state index contributed by atoms with van der Waals surface area (Å²) >= 11 is 0. The van der Waals surface area contributed by atoms with E-state index in [0.29, 0.717) is 0 Å². The highest BCUT2D eigenvalue weighted by Gasteiger charge is 2.20. The number of benzene rings is 1. The van der Waals surface area contributed by atoms with Gasteiger partial charge in [-0.05, 0) is 44.0 Å². The molecule has 7 nitrogen and oxygen atoms in total. The molecule has 0 bridgehead atoms. The lowest BCUT2D eigenvalue weighted by molar-refractivity contribution is -0.117. The average Bonchev–Trinajstić information content (AvgIpc) is 3.44. The summed E-state index contributed by atoms with van der Waals surface area (Å²) in [5.41, 5.74) is 3.92. The Labute approximate surface area is 181 Å². The molecule has 0 fully saturated rings. The van der Waals surface area contributed by atoms with Crippen molar-refractivity contribution in [2.24, 2.45) is 7.05 Å². The van der Waals surface area contributed by atoms with Gasteiger partial charge in [0.2, 0.25) is 5.91 Å². The van der Waals surface area contributed by atoms with Gasteiger partial charge in [-0.1, -0.05) is 35.5 Å². The van der Waals surface area contributed by atoms with Crippen LogP contribution in [0, 0.1) is 20.8 Å². The van der Waals surface area contributed by atoms with Crippen molar-refractivity contribution in [2.45, 2.75) is 26.8 Å². The van der Waals surface area contributed by atoms with Gasteiger partial charge in [0.15, 0.2) is 5.82 Å². The van der Waals surface area contributed by atoms with E-state index in [9.17, 15) is 4.79 Å². The first kappa shape index (κ1) is 20.4. The Morgan fingerprint density at radius 1 is 1.16 bits per heavy atom. The van der Waals surface area contributed by atoms with Crippen LogP contribution < -0.4 is 5.32 Å².